The highest BCUT2D eigenvalue weighted by Crippen LogP contribution is 2.29. The molecule has 0 saturated carbocycles. The molecule has 1 fully saturated rings. The molecule has 1 saturated heterocycles. The molecule has 2 aromatic rings. The number of hydrogen-bond acceptors (Lipinski definition) is 8. The predicted molar refractivity (Wildman–Crippen MR) is 166 cm³/mol. The highest BCUT2D eigenvalue weighted by Gasteiger charge is 2.29. The number of amides is 1. The molecular weight excluding hydrogens is 556 g/mol. The lowest BCUT2D eigenvalue weighted by Gasteiger charge is -2.40. The molecule has 1 atom stereocenters. The zero-order valence-corrected chi connectivity index (χ0v) is 27.1. The monoisotopic (exact) mass is 604 g/mol. The van der Waals surface area contributed by atoms with E-state index in [9.17, 15) is 18.3 Å². The molecule has 0 aliphatic carbocycles. The number of aryl methyl sites for hydroxylation is 2. The fourth-order valence-electron chi connectivity index (χ4n) is 5.19. The van der Waals surface area contributed by atoms with Gasteiger partial charge in [0.25, 0.3) is 0 Å². The summed E-state index contributed by atoms with van der Waals surface area (Å²) in [4.78, 5) is 17.1. The van der Waals surface area contributed by atoms with Crippen LogP contribution in [0.2, 0.25) is 0 Å². The number of carbonyl (C=O) groups excluding carboxylic acids is 1. The molecule has 0 aromatic heterocycles. The number of anilines is 2. The molecule has 2 N–H and O–H groups in total. The van der Waals surface area contributed by atoms with Crippen molar-refractivity contribution >= 4 is 27.3 Å². The number of ether oxygens (including phenoxy) is 2. The van der Waals surface area contributed by atoms with Crippen molar-refractivity contribution in [2.75, 3.05) is 51.1 Å². The molecule has 0 spiro atoms. The van der Waals surface area contributed by atoms with Gasteiger partial charge in [-0.15, -0.1) is 0 Å². The van der Waals surface area contributed by atoms with Gasteiger partial charge >= 0.3 is 0 Å². The summed E-state index contributed by atoms with van der Waals surface area (Å²) < 4.78 is 39.0. The van der Waals surface area contributed by atoms with Crippen LogP contribution in [0.4, 0.5) is 11.4 Å². The number of carbonyl (C=O) groups is 1. The maximum absolute atomic E-state index is 13.4. The molecule has 0 radical (unpaired) electrons. The zero-order chi connectivity index (χ0) is 31.2. The largest absolute Gasteiger partial charge is 0.497 e. The van der Waals surface area contributed by atoms with Crippen LogP contribution in [0.5, 0.6) is 5.75 Å². The van der Waals surface area contributed by atoms with Crippen LogP contribution in [0.1, 0.15) is 58.1 Å². The SMILES string of the molecule is CCc1cc(OC)cc(C)c1S(=O)(=O)N(C)CCC(=O)Nc1ccc(N2CCC(N(C)C(O)OC(C)(C)C)CC2)cc1. The normalized spacial score (nSPS) is 15.7. The summed E-state index contributed by atoms with van der Waals surface area (Å²) in [7, 11) is 1.17. The standard InChI is InChI=1S/C31H48N4O6S/c1-9-23-21-27(40-8)20-22(2)29(23)42(38,39)33(6)17-16-28(36)32-24-10-12-26(13-11-24)35-18-14-25(15-19-35)34(7)30(37)41-31(3,4)5/h10-13,20-21,25,30,37H,9,14-19H2,1-8H3,(H,32,36). The van der Waals surface area contributed by atoms with Crippen molar-refractivity contribution in [3.63, 3.8) is 0 Å². The van der Waals surface area contributed by atoms with E-state index in [1.165, 1.54) is 11.4 Å². The van der Waals surface area contributed by atoms with Crippen LogP contribution in [0.3, 0.4) is 0 Å². The van der Waals surface area contributed by atoms with Crippen molar-refractivity contribution in [3.05, 3.63) is 47.5 Å². The van der Waals surface area contributed by atoms with Crippen molar-refractivity contribution in [2.24, 2.45) is 0 Å². The van der Waals surface area contributed by atoms with Gasteiger partial charge in [-0.2, -0.15) is 0 Å². The minimum Gasteiger partial charge on any atom is -0.497 e. The number of methoxy groups -OCH3 is 1. The van der Waals surface area contributed by atoms with Gasteiger partial charge in [-0.1, -0.05) is 6.92 Å². The third kappa shape index (κ3) is 8.67. The molecule has 10 nitrogen and oxygen atoms in total. The van der Waals surface area contributed by atoms with Gasteiger partial charge < -0.3 is 24.8 Å². The number of sulfonamides is 1. The number of nitrogens with zero attached hydrogens (tertiary/aromatic N) is 3. The Balaban J connectivity index is 1.52. The Hall–Kier alpha value is -2.70. The summed E-state index contributed by atoms with van der Waals surface area (Å²) in [6.07, 6.45) is 1.42. The lowest BCUT2D eigenvalue weighted by molar-refractivity contribution is -0.242. The van der Waals surface area contributed by atoms with Crippen molar-refractivity contribution in [1.82, 2.24) is 9.21 Å². The van der Waals surface area contributed by atoms with Gasteiger partial charge in [-0.25, -0.2) is 12.7 Å². The summed E-state index contributed by atoms with van der Waals surface area (Å²) in [5, 5.41) is 13.3. The van der Waals surface area contributed by atoms with E-state index >= 15 is 0 Å². The molecule has 1 unspecified atom stereocenters. The second-order valence-corrected chi connectivity index (χ2v) is 13.9. The van der Waals surface area contributed by atoms with Crippen molar-refractivity contribution in [3.8, 4) is 5.75 Å². The number of nitrogens with one attached hydrogen (secondary N) is 1. The smallest absolute Gasteiger partial charge is 0.243 e. The minimum atomic E-state index is -3.78. The van der Waals surface area contributed by atoms with E-state index in [0.29, 0.717) is 29.0 Å². The molecule has 0 bridgehead atoms. The number of hydrogen-bond donors (Lipinski definition) is 2. The average molecular weight is 605 g/mol. The van der Waals surface area contributed by atoms with E-state index in [4.69, 9.17) is 9.47 Å². The highest BCUT2D eigenvalue weighted by molar-refractivity contribution is 7.89. The maximum atomic E-state index is 13.4. The fourth-order valence-corrected chi connectivity index (χ4v) is 6.83. The van der Waals surface area contributed by atoms with Gasteiger partial charge in [0.1, 0.15) is 5.75 Å². The van der Waals surface area contributed by atoms with Gasteiger partial charge in [0, 0.05) is 50.5 Å². The van der Waals surface area contributed by atoms with E-state index in [2.05, 4.69) is 10.2 Å². The molecule has 3 rings (SSSR count). The molecule has 2 aromatic carbocycles. The van der Waals surface area contributed by atoms with Gasteiger partial charge in [-0.05, 0) is 102 Å². The van der Waals surface area contributed by atoms with E-state index in [1.54, 1.807) is 26.2 Å². The average Bonchev–Trinajstić information content (AvgIpc) is 2.94. The minimum absolute atomic E-state index is 0.0277. The second kappa shape index (κ2) is 14.2. The van der Waals surface area contributed by atoms with Crippen molar-refractivity contribution < 1.29 is 27.8 Å². The molecule has 1 aliphatic heterocycles. The molecule has 1 amide bonds. The Morgan fingerprint density at radius 1 is 1.14 bits per heavy atom. The number of piperidine rings is 1. The van der Waals surface area contributed by atoms with Crippen LogP contribution in [0, 0.1) is 6.92 Å². The lowest BCUT2D eigenvalue weighted by atomic mass is 10.0. The number of rotatable bonds is 12. The van der Waals surface area contributed by atoms with Gasteiger partial charge in [0.15, 0.2) is 0 Å². The summed E-state index contributed by atoms with van der Waals surface area (Å²) >= 11 is 0. The molecule has 42 heavy (non-hydrogen) atoms. The number of benzene rings is 2. The predicted octanol–water partition coefficient (Wildman–Crippen LogP) is 4.21. The first kappa shape index (κ1) is 33.8. The van der Waals surface area contributed by atoms with Crippen molar-refractivity contribution in [2.45, 2.75) is 83.3 Å². The highest BCUT2D eigenvalue weighted by atomic mass is 32.2. The first-order valence-corrected chi connectivity index (χ1v) is 16.0. The molecular formula is C31H48N4O6S. The van der Waals surface area contributed by atoms with Crippen LogP contribution in [-0.4, -0.2) is 87.5 Å². The summed E-state index contributed by atoms with van der Waals surface area (Å²) in [6.45, 7) is 11.2. The van der Waals surface area contributed by atoms with E-state index in [0.717, 1.165) is 31.6 Å². The number of aliphatic hydroxyl groups is 1. The lowest BCUT2D eigenvalue weighted by Crippen LogP contribution is -2.49. The second-order valence-electron chi connectivity index (χ2n) is 11.9. The van der Waals surface area contributed by atoms with Crippen LogP contribution >= 0.6 is 0 Å². The number of aliphatic hydroxyl groups excluding tert-OH is 1. The van der Waals surface area contributed by atoms with E-state index in [-0.39, 0.29) is 29.8 Å². The molecule has 1 heterocycles. The van der Waals surface area contributed by atoms with Gasteiger partial charge in [0.2, 0.25) is 22.3 Å². The first-order valence-electron chi connectivity index (χ1n) is 14.5. The molecule has 1 aliphatic rings. The maximum Gasteiger partial charge on any atom is 0.243 e. The summed E-state index contributed by atoms with van der Waals surface area (Å²) in [5.74, 6) is 0.363. The Morgan fingerprint density at radius 3 is 2.31 bits per heavy atom. The van der Waals surface area contributed by atoms with E-state index < -0.39 is 22.0 Å². The Labute approximate surface area is 251 Å². The summed E-state index contributed by atoms with van der Waals surface area (Å²) in [6, 6.07) is 11.4. The zero-order valence-electron chi connectivity index (χ0n) is 26.3. The third-order valence-electron chi connectivity index (χ3n) is 7.63. The van der Waals surface area contributed by atoms with Crippen LogP contribution in [-0.2, 0) is 26.0 Å². The van der Waals surface area contributed by atoms with Crippen LogP contribution in [0.25, 0.3) is 0 Å². The summed E-state index contributed by atoms with van der Waals surface area (Å²) in [5.41, 5.74) is 2.60. The first-order chi connectivity index (χ1) is 19.7. The fraction of sp³-hybridized carbons (Fsp3) is 0.581. The Morgan fingerprint density at radius 2 is 1.76 bits per heavy atom. The van der Waals surface area contributed by atoms with Gasteiger partial charge in [-0.3, -0.25) is 9.69 Å². The van der Waals surface area contributed by atoms with Crippen LogP contribution < -0.4 is 15.0 Å². The topological polar surface area (TPSA) is 112 Å². The molecule has 234 valence electrons. The Bertz CT molecular complexity index is 1300. The third-order valence-corrected chi connectivity index (χ3v) is 9.73. The molecule has 11 heteroatoms. The van der Waals surface area contributed by atoms with E-state index in [1.807, 2.05) is 63.9 Å². The van der Waals surface area contributed by atoms with Gasteiger partial charge in [0.05, 0.1) is 17.6 Å². The Kier molecular flexibility index (Phi) is 11.4. The van der Waals surface area contributed by atoms with Crippen molar-refractivity contribution in [1.29, 1.82) is 0 Å². The van der Waals surface area contributed by atoms with Crippen LogP contribution in [0.15, 0.2) is 41.3 Å². The quantitative estimate of drug-likeness (QED) is 0.347.